The first-order valence-electron chi connectivity index (χ1n) is 20.3. The number of aliphatic hydroxyl groups excluding tert-OH is 1. The summed E-state index contributed by atoms with van der Waals surface area (Å²) in [6, 6.07) is 23.4. The highest BCUT2D eigenvalue weighted by Crippen LogP contribution is 2.32. The molecule has 0 aliphatic heterocycles. The molecule has 0 bridgehead atoms. The molecule has 4 aromatic carbocycles. The third-order valence-electron chi connectivity index (χ3n) is 10.5. The van der Waals surface area contributed by atoms with Crippen molar-refractivity contribution >= 4 is 35.6 Å². The lowest BCUT2D eigenvalue weighted by molar-refractivity contribution is -0.157. The minimum atomic E-state index is -1.63. The normalized spacial score (nSPS) is 17.4. The molecular weight excluding hydrogens is 805 g/mol. The smallest absolute Gasteiger partial charge is 0.337 e. The zero-order valence-corrected chi connectivity index (χ0v) is 34.7. The van der Waals surface area contributed by atoms with Gasteiger partial charge in [0, 0.05) is 17.7 Å². The molecule has 0 heterocycles. The van der Waals surface area contributed by atoms with Gasteiger partial charge in [-0.1, -0.05) is 80.6 Å². The van der Waals surface area contributed by atoms with E-state index in [4.69, 9.17) is 14.2 Å². The van der Waals surface area contributed by atoms with Gasteiger partial charge in [0.15, 0.2) is 0 Å². The largest absolute Gasteiger partial charge is 0.465 e. The van der Waals surface area contributed by atoms with E-state index in [1.807, 2.05) is 60.7 Å². The minimum absolute atomic E-state index is 0.0117. The first-order chi connectivity index (χ1) is 29.7. The van der Waals surface area contributed by atoms with Gasteiger partial charge in [-0.15, -0.1) is 0 Å². The SMILES string of the molecule is COC(=O)c1cccc(C(=O)NC(Cc2cc(F)cc(F)c2)[C@@H](O)CC(=O)N[C@H](C(=O)NC2CC(C(=O)OCc3ccccc3)CC(C(=O)OCc3ccccc3)C2)C(C)C)c1. The number of hydrogen-bond donors (Lipinski definition) is 4. The van der Waals surface area contributed by atoms with Gasteiger partial charge in [0.25, 0.3) is 5.91 Å². The number of rotatable bonds is 18. The molecular formula is C47H51F2N3O10. The molecule has 13 nitrogen and oxygen atoms in total. The predicted octanol–water partition coefficient (Wildman–Crippen LogP) is 5.37. The van der Waals surface area contributed by atoms with Crippen molar-refractivity contribution in [2.24, 2.45) is 17.8 Å². The molecule has 328 valence electrons. The fourth-order valence-electron chi connectivity index (χ4n) is 7.33. The van der Waals surface area contributed by atoms with Crippen molar-refractivity contribution in [2.45, 2.75) is 83.4 Å². The van der Waals surface area contributed by atoms with E-state index >= 15 is 0 Å². The Bertz CT molecular complexity index is 2110. The maximum Gasteiger partial charge on any atom is 0.337 e. The number of hydrogen-bond acceptors (Lipinski definition) is 10. The Balaban J connectivity index is 1.27. The van der Waals surface area contributed by atoms with E-state index in [9.17, 15) is 42.7 Å². The minimum Gasteiger partial charge on any atom is -0.465 e. The maximum atomic E-state index is 14.2. The van der Waals surface area contributed by atoms with Gasteiger partial charge in [-0.2, -0.15) is 0 Å². The molecule has 15 heteroatoms. The number of benzene rings is 4. The van der Waals surface area contributed by atoms with Crippen LogP contribution < -0.4 is 16.0 Å². The molecule has 5 atom stereocenters. The zero-order valence-electron chi connectivity index (χ0n) is 34.7. The lowest BCUT2D eigenvalue weighted by Crippen LogP contribution is -2.55. The van der Waals surface area contributed by atoms with E-state index < -0.39 is 95.7 Å². The predicted molar refractivity (Wildman–Crippen MR) is 222 cm³/mol. The standard InChI is InChI=1S/C47H51F2N3O10/c1-28(2)42(52-41(54)25-40(53)39(19-31-17-36(48)24-37(49)18-31)51-43(55)32-15-10-16-33(20-32)45(57)60-3)44(56)50-38-22-34(46(58)61-26-29-11-6-4-7-12-29)21-35(23-38)47(59)62-27-30-13-8-5-9-14-30/h4-18,20,24,28,34-35,38-40,42,53H,19,21-23,25-27H2,1-3H3,(H,50,56)(H,51,55)(H,52,54)/t34?,35?,38?,39?,40-,42-/m0/s1. The monoisotopic (exact) mass is 855 g/mol. The van der Waals surface area contributed by atoms with Crippen LogP contribution in [0.2, 0.25) is 0 Å². The summed E-state index contributed by atoms with van der Waals surface area (Å²) in [7, 11) is 1.18. The molecule has 4 aromatic rings. The number of nitrogens with one attached hydrogen (secondary N) is 3. The van der Waals surface area contributed by atoms with Gasteiger partial charge in [0.2, 0.25) is 11.8 Å². The molecule has 3 amide bonds. The molecule has 0 aromatic heterocycles. The summed E-state index contributed by atoms with van der Waals surface area (Å²) in [6.07, 6.45) is -2.12. The number of halogens is 2. The molecule has 0 radical (unpaired) electrons. The summed E-state index contributed by atoms with van der Waals surface area (Å²) in [5.41, 5.74) is 1.72. The van der Waals surface area contributed by atoms with Crippen molar-refractivity contribution in [1.29, 1.82) is 0 Å². The van der Waals surface area contributed by atoms with Crippen LogP contribution in [0.25, 0.3) is 0 Å². The second kappa shape index (κ2) is 22.4. The highest BCUT2D eigenvalue weighted by Gasteiger charge is 2.40. The molecule has 1 aliphatic carbocycles. The molecule has 1 aliphatic rings. The zero-order chi connectivity index (χ0) is 44.8. The number of esters is 3. The van der Waals surface area contributed by atoms with Crippen LogP contribution in [0.3, 0.4) is 0 Å². The van der Waals surface area contributed by atoms with Crippen molar-refractivity contribution in [2.75, 3.05) is 7.11 Å². The van der Waals surface area contributed by atoms with Crippen molar-refractivity contribution < 1.29 is 56.9 Å². The van der Waals surface area contributed by atoms with Crippen LogP contribution >= 0.6 is 0 Å². The number of aliphatic hydroxyl groups is 1. The average molecular weight is 856 g/mol. The van der Waals surface area contributed by atoms with Gasteiger partial charge < -0.3 is 35.3 Å². The summed E-state index contributed by atoms with van der Waals surface area (Å²) in [4.78, 5) is 79.7. The topological polar surface area (TPSA) is 186 Å². The van der Waals surface area contributed by atoms with Crippen LogP contribution in [0.1, 0.15) is 76.9 Å². The van der Waals surface area contributed by atoms with E-state index in [1.165, 1.54) is 31.4 Å². The van der Waals surface area contributed by atoms with Crippen LogP contribution in [0.5, 0.6) is 0 Å². The van der Waals surface area contributed by atoms with E-state index in [2.05, 4.69) is 16.0 Å². The molecule has 0 saturated heterocycles. The molecule has 1 saturated carbocycles. The third-order valence-corrected chi connectivity index (χ3v) is 10.5. The Hall–Kier alpha value is -6.48. The second-order valence-corrected chi connectivity index (χ2v) is 15.7. The molecule has 5 rings (SSSR count). The lowest BCUT2D eigenvalue weighted by atomic mass is 9.78. The molecule has 3 unspecified atom stereocenters. The molecule has 4 N–H and O–H groups in total. The van der Waals surface area contributed by atoms with Gasteiger partial charge in [0.1, 0.15) is 30.9 Å². The van der Waals surface area contributed by atoms with Crippen LogP contribution in [-0.4, -0.2) is 72.1 Å². The van der Waals surface area contributed by atoms with Crippen LogP contribution in [-0.2, 0) is 53.0 Å². The second-order valence-electron chi connectivity index (χ2n) is 15.7. The van der Waals surface area contributed by atoms with Gasteiger partial charge in [-0.3, -0.25) is 24.0 Å². The first-order valence-corrected chi connectivity index (χ1v) is 20.3. The van der Waals surface area contributed by atoms with E-state index in [0.717, 1.165) is 23.3 Å². The van der Waals surface area contributed by atoms with Crippen molar-refractivity contribution in [1.82, 2.24) is 16.0 Å². The van der Waals surface area contributed by atoms with Crippen LogP contribution in [0.4, 0.5) is 8.78 Å². The Kier molecular flexibility index (Phi) is 16.8. The Morgan fingerprint density at radius 2 is 1.24 bits per heavy atom. The first kappa shape index (κ1) is 46.6. The average Bonchev–Trinajstić information content (AvgIpc) is 3.26. The van der Waals surface area contributed by atoms with E-state index in [0.29, 0.717) is 6.07 Å². The summed E-state index contributed by atoms with van der Waals surface area (Å²) in [5, 5.41) is 19.5. The van der Waals surface area contributed by atoms with E-state index in [-0.39, 0.29) is 55.6 Å². The Labute approximate surface area is 358 Å². The fourth-order valence-corrected chi connectivity index (χ4v) is 7.33. The number of methoxy groups -OCH3 is 1. The summed E-state index contributed by atoms with van der Waals surface area (Å²) < 4.78 is 44.3. The Morgan fingerprint density at radius 3 is 1.77 bits per heavy atom. The fraction of sp³-hybridized carbons (Fsp3) is 0.362. The van der Waals surface area contributed by atoms with Crippen LogP contribution in [0, 0.1) is 29.4 Å². The number of ether oxygens (including phenoxy) is 3. The van der Waals surface area contributed by atoms with Crippen molar-refractivity contribution in [3.63, 3.8) is 0 Å². The molecule has 0 spiro atoms. The third kappa shape index (κ3) is 13.8. The van der Waals surface area contributed by atoms with Crippen molar-refractivity contribution in [3.8, 4) is 0 Å². The quantitative estimate of drug-likeness (QED) is 0.0749. The summed E-state index contributed by atoms with van der Waals surface area (Å²) >= 11 is 0. The summed E-state index contributed by atoms with van der Waals surface area (Å²) in [6.45, 7) is 3.43. The van der Waals surface area contributed by atoms with Gasteiger partial charge in [-0.25, -0.2) is 13.6 Å². The van der Waals surface area contributed by atoms with Gasteiger partial charge >= 0.3 is 17.9 Å². The van der Waals surface area contributed by atoms with Crippen molar-refractivity contribution in [3.05, 3.63) is 143 Å². The van der Waals surface area contributed by atoms with Crippen LogP contribution in [0.15, 0.2) is 103 Å². The lowest BCUT2D eigenvalue weighted by Gasteiger charge is -2.34. The summed E-state index contributed by atoms with van der Waals surface area (Å²) in [5.74, 6) is -7.67. The maximum absolute atomic E-state index is 14.2. The molecule has 1 fully saturated rings. The van der Waals surface area contributed by atoms with Gasteiger partial charge in [-0.05, 0) is 78.6 Å². The number of carbonyl (C=O) groups is 6. The number of amides is 3. The highest BCUT2D eigenvalue weighted by molar-refractivity contribution is 5.98. The number of carbonyl (C=O) groups excluding carboxylic acids is 6. The highest BCUT2D eigenvalue weighted by atomic mass is 19.1. The van der Waals surface area contributed by atoms with Gasteiger partial charge in [0.05, 0.1) is 43.1 Å². The Morgan fingerprint density at radius 1 is 0.694 bits per heavy atom. The van der Waals surface area contributed by atoms with E-state index in [1.54, 1.807) is 13.8 Å². The molecule has 62 heavy (non-hydrogen) atoms.